The van der Waals surface area contributed by atoms with Crippen molar-refractivity contribution >= 4 is 11.9 Å². The summed E-state index contributed by atoms with van der Waals surface area (Å²) in [5.74, 6) is -1.07. The maximum atomic E-state index is 12.4. The van der Waals surface area contributed by atoms with Crippen molar-refractivity contribution in [3.63, 3.8) is 0 Å². The second-order valence-electron chi connectivity index (χ2n) is 12.6. The van der Waals surface area contributed by atoms with Crippen molar-refractivity contribution in [1.82, 2.24) is 10.2 Å². The van der Waals surface area contributed by atoms with Gasteiger partial charge in [-0.1, -0.05) is 109 Å². The predicted molar refractivity (Wildman–Crippen MR) is 186 cm³/mol. The molecule has 1 aliphatic rings. The van der Waals surface area contributed by atoms with E-state index in [-0.39, 0.29) is 43.2 Å². The molecule has 1 fully saturated rings. The van der Waals surface area contributed by atoms with E-state index in [4.69, 9.17) is 14.2 Å². The highest BCUT2D eigenvalue weighted by molar-refractivity contribution is 5.82. The molecule has 49 heavy (non-hydrogen) atoms. The van der Waals surface area contributed by atoms with Crippen LogP contribution < -0.4 is 5.32 Å². The van der Waals surface area contributed by atoms with Gasteiger partial charge in [0.2, 0.25) is 0 Å². The van der Waals surface area contributed by atoms with Crippen LogP contribution >= 0.6 is 0 Å². The zero-order valence-electron chi connectivity index (χ0n) is 28.4. The van der Waals surface area contributed by atoms with E-state index in [0.717, 1.165) is 33.4 Å². The highest BCUT2D eigenvalue weighted by Crippen LogP contribution is 2.47. The average molecular weight is 667 g/mol. The van der Waals surface area contributed by atoms with Gasteiger partial charge in [-0.3, -0.25) is 14.5 Å². The smallest absolute Gasteiger partial charge is 0.303 e. The number of aliphatic hydroxyl groups excluding tert-OH is 2. The van der Waals surface area contributed by atoms with Gasteiger partial charge >= 0.3 is 5.97 Å². The lowest BCUT2D eigenvalue weighted by Gasteiger charge is -2.45. The molecule has 0 spiro atoms. The number of nitrogens with zero attached hydrogens (tertiary/aromatic N) is 1. The Hall–Kier alpha value is -4.38. The van der Waals surface area contributed by atoms with Crippen molar-refractivity contribution < 1.29 is 34.0 Å². The van der Waals surface area contributed by atoms with Crippen LogP contribution in [0.4, 0.5) is 0 Å². The molecule has 7 atom stereocenters. The minimum atomic E-state index is -0.881. The standard InChI is InChI=1S/C40H46N2O7/c1-26(37(45)32-13-9-6-10-14-32)42(4)24-35-36(31-11-7-5-8-12-31)38(33-19-17-30(25-43)18-20-33)49-40(48-35)34-21-15-29(16-22-34)23-41-39(46)27(2)47-28(3)44/h5-22,26-27,35-38,40,43,45H,23-25H2,1-4H3,(H,41,46). The lowest BCUT2D eigenvalue weighted by Crippen LogP contribution is -2.46. The highest BCUT2D eigenvalue weighted by Gasteiger charge is 2.43. The normalized spacial score (nSPS) is 21.0. The number of rotatable bonds is 13. The minimum absolute atomic E-state index is 0.0514. The fraction of sp³-hybridized carbons (Fsp3) is 0.350. The number of aliphatic hydroxyl groups is 2. The van der Waals surface area contributed by atoms with E-state index in [1.165, 1.54) is 13.8 Å². The Morgan fingerprint density at radius 3 is 2.02 bits per heavy atom. The second-order valence-corrected chi connectivity index (χ2v) is 12.6. The number of carbonyl (C=O) groups excluding carboxylic acids is 2. The lowest BCUT2D eigenvalue weighted by molar-refractivity contribution is -0.264. The Balaban J connectivity index is 1.43. The molecule has 9 heteroatoms. The number of amides is 1. The van der Waals surface area contributed by atoms with Gasteiger partial charge in [-0.2, -0.15) is 0 Å². The molecule has 5 rings (SSSR count). The summed E-state index contributed by atoms with van der Waals surface area (Å²) in [4.78, 5) is 25.7. The van der Waals surface area contributed by atoms with E-state index in [2.05, 4.69) is 22.3 Å². The van der Waals surface area contributed by atoms with Gasteiger partial charge in [-0.25, -0.2) is 0 Å². The Bertz CT molecular complexity index is 1630. The number of benzene rings is 4. The van der Waals surface area contributed by atoms with Crippen LogP contribution in [0.2, 0.25) is 0 Å². The SMILES string of the molecule is CC(=O)OC(C)C(=O)NCc1ccc(C2OC(CN(C)C(C)C(O)c3ccccc3)C(c3ccccc3)C(c3ccc(CO)cc3)O2)cc1. The van der Waals surface area contributed by atoms with Crippen molar-refractivity contribution in [2.24, 2.45) is 0 Å². The Morgan fingerprint density at radius 2 is 1.41 bits per heavy atom. The molecular weight excluding hydrogens is 620 g/mol. The maximum Gasteiger partial charge on any atom is 0.303 e. The fourth-order valence-corrected chi connectivity index (χ4v) is 6.21. The van der Waals surface area contributed by atoms with E-state index in [9.17, 15) is 19.8 Å². The number of ether oxygens (including phenoxy) is 3. The molecule has 3 N–H and O–H groups in total. The largest absolute Gasteiger partial charge is 0.453 e. The maximum absolute atomic E-state index is 12.4. The molecule has 4 aromatic carbocycles. The molecular formula is C40H46N2O7. The zero-order valence-corrected chi connectivity index (χ0v) is 28.4. The number of esters is 1. The molecule has 258 valence electrons. The van der Waals surface area contributed by atoms with Crippen molar-refractivity contribution in [2.45, 2.75) is 76.6 Å². The fourth-order valence-electron chi connectivity index (χ4n) is 6.21. The van der Waals surface area contributed by atoms with E-state index < -0.39 is 24.5 Å². The molecule has 0 aliphatic carbocycles. The van der Waals surface area contributed by atoms with Gasteiger partial charge in [-0.05, 0) is 48.7 Å². The summed E-state index contributed by atoms with van der Waals surface area (Å²) in [5, 5.41) is 23.8. The van der Waals surface area contributed by atoms with Crippen LogP contribution in [0.1, 0.15) is 78.6 Å². The second kappa shape index (κ2) is 16.8. The Labute approximate surface area is 288 Å². The number of hydrogen-bond donors (Lipinski definition) is 3. The number of hydrogen-bond acceptors (Lipinski definition) is 8. The van der Waals surface area contributed by atoms with Gasteiger partial charge in [0.05, 0.1) is 24.9 Å². The van der Waals surface area contributed by atoms with Crippen molar-refractivity contribution in [3.05, 3.63) is 143 Å². The number of nitrogens with one attached hydrogen (secondary N) is 1. The van der Waals surface area contributed by atoms with Gasteiger partial charge in [0, 0.05) is 37.5 Å². The van der Waals surface area contributed by atoms with Crippen LogP contribution in [-0.2, 0) is 37.0 Å². The summed E-state index contributed by atoms with van der Waals surface area (Å²) in [6.45, 7) is 5.55. The molecule has 0 saturated carbocycles. The first kappa shape index (κ1) is 35.9. The van der Waals surface area contributed by atoms with Gasteiger partial charge in [-0.15, -0.1) is 0 Å². The number of carbonyl (C=O) groups is 2. The van der Waals surface area contributed by atoms with Crippen LogP contribution in [0.5, 0.6) is 0 Å². The third-order valence-electron chi connectivity index (χ3n) is 9.16. The van der Waals surface area contributed by atoms with Crippen LogP contribution in [0.15, 0.2) is 109 Å². The average Bonchev–Trinajstić information content (AvgIpc) is 3.13. The summed E-state index contributed by atoms with van der Waals surface area (Å²) in [6.07, 6.45) is -3.00. The van der Waals surface area contributed by atoms with E-state index >= 15 is 0 Å². The third-order valence-corrected chi connectivity index (χ3v) is 9.16. The van der Waals surface area contributed by atoms with Gasteiger partial charge in [0.1, 0.15) is 0 Å². The van der Waals surface area contributed by atoms with Crippen molar-refractivity contribution in [3.8, 4) is 0 Å². The minimum Gasteiger partial charge on any atom is -0.453 e. The van der Waals surface area contributed by atoms with Crippen molar-refractivity contribution in [2.75, 3.05) is 13.6 Å². The molecule has 0 aromatic heterocycles. The van der Waals surface area contributed by atoms with E-state index in [1.54, 1.807) is 0 Å². The van der Waals surface area contributed by atoms with Crippen LogP contribution in [0.25, 0.3) is 0 Å². The third kappa shape index (κ3) is 9.20. The topological polar surface area (TPSA) is 118 Å². The Morgan fingerprint density at radius 1 is 0.816 bits per heavy atom. The quantitative estimate of drug-likeness (QED) is 0.155. The predicted octanol–water partition coefficient (Wildman–Crippen LogP) is 5.74. The first-order valence-corrected chi connectivity index (χ1v) is 16.7. The van der Waals surface area contributed by atoms with Gasteiger partial charge in [0.25, 0.3) is 5.91 Å². The van der Waals surface area contributed by atoms with Gasteiger partial charge < -0.3 is 29.7 Å². The first-order valence-electron chi connectivity index (χ1n) is 16.7. The first-order chi connectivity index (χ1) is 23.6. The molecule has 1 aliphatic heterocycles. The highest BCUT2D eigenvalue weighted by atomic mass is 16.7. The van der Waals surface area contributed by atoms with Crippen LogP contribution in [0, 0.1) is 0 Å². The molecule has 7 unspecified atom stereocenters. The van der Waals surface area contributed by atoms with Gasteiger partial charge in [0.15, 0.2) is 12.4 Å². The molecule has 0 bridgehead atoms. The monoisotopic (exact) mass is 666 g/mol. The molecule has 1 saturated heterocycles. The summed E-state index contributed by atoms with van der Waals surface area (Å²) in [5.41, 5.74) is 5.38. The van der Waals surface area contributed by atoms with Crippen LogP contribution in [-0.4, -0.2) is 58.8 Å². The summed E-state index contributed by atoms with van der Waals surface area (Å²) in [7, 11) is 2.00. The molecule has 0 radical (unpaired) electrons. The van der Waals surface area contributed by atoms with Crippen molar-refractivity contribution in [1.29, 1.82) is 0 Å². The van der Waals surface area contributed by atoms with Crippen LogP contribution in [0.3, 0.4) is 0 Å². The lowest BCUT2D eigenvalue weighted by atomic mass is 9.83. The summed E-state index contributed by atoms with van der Waals surface area (Å²) < 4.78 is 18.6. The van der Waals surface area contributed by atoms with E-state index in [0.29, 0.717) is 6.54 Å². The summed E-state index contributed by atoms with van der Waals surface area (Å²) in [6, 6.07) is 35.2. The number of likely N-dealkylation sites (N-methyl/N-ethyl adjacent to an activating group) is 1. The molecule has 4 aromatic rings. The molecule has 9 nitrogen and oxygen atoms in total. The molecule has 1 heterocycles. The Kier molecular flexibility index (Phi) is 12.3. The summed E-state index contributed by atoms with van der Waals surface area (Å²) >= 11 is 0. The zero-order chi connectivity index (χ0) is 34.9. The molecule has 1 amide bonds. The van der Waals surface area contributed by atoms with E-state index in [1.807, 2.05) is 111 Å².